The third-order valence-electron chi connectivity index (χ3n) is 6.03. The summed E-state index contributed by atoms with van der Waals surface area (Å²) in [4.78, 5) is 15.0. The molecule has 2 N–H and O–H groups in total. The molecule has 1 aromatic carbocycles. The Morgan fingerprint density at radius 2 is 1.74 bits per heavy atom. The lowest BCUT2D eigenvalue weighted by atomic mass is 9.86. The smallest absolute Gasteiger partial charge is 0.227 e. The minimum absolute atomic E-state index is 0.0143. The molecular weight excluding hydrogens is 421 g/mol. The lowest BCUT2D eigenvalue weighted by Gasteiger charge is -2.38. The fourth-order valence-corrected chi connectivity index (χ4v) is 5.30. The zero-order valence-electron chi connectivity index (χ0n) is 18.7. The summed E-state index contributed by atoms with van der Waals surface area (Å²) in [6, 6.07) is 4.28. The number of carbonyl (C=O) groups excluding carboxylic acids is 1. The van der Waals surface area contributed by atoms with E-state index < -0.39 is 15.3 Å². The highest BCUT2D eigenvalue weighted by molar-refractivity contribution is 7.90. The van der Waals surface area contributed by atoms with Crippen LogP contribution in [-0.4, -0.2) is 50.9 Å². The Balaban J connectivity index is 1.64. The van der Waals surface area contributed by atoms with Gasteiger partial charge in [0.15, 0.2) is 0 Å². The largest absolute Gasteiger partial charge is 0.372 e. The molecule has 0 bridgehead atoms. The second-order valence-electron chi connectivity index (χ2n) is 9.07. The molecule has 1 saturated carbocycles. The van der Waals surface area contributed by atoms with Crippen molar-refractivity contribution in [3.63, 3.8) is 0 Å². The Morgan fingerprint density at radius 1 is 1.13 bits per heavy atom. The molecule has 2 unspecified atom stereocenters. The van der Waals surface area contributed by atoms with E-state index in [1.54, 1.807) is 19.9 Å². The maximum atomic E-state index is 14.0. The Hall–Kier alpha value is -1.71. The van der Waals surface area contributed by atoms with Crippen molar-refractivity contribution in [3.05, 3.63) is 24.0 Å². The Kier molecular flexibility index (Phi) is 7.59. The summed E-state index contributed by atoms with van der Waals surface area (Å²) in [5.74, 6) is -0.648. The molecule has 1 saturated heterocycles. The van der Waals surface area contributed by atoms with Gasteiger partial charge in [0.2, 0.25) is 15.9 Å². The number of morpholine rings is 1. The fourth-order valence-electron chi connectivity index (χ4n) is 4.32. The van der Waals surface area contributed by atoms with Gasteiger partial charge in [0, 0.05) is 25.0 Å². The van der Waals surface area contributed by atoms with Crippen LogP contribution in [0.3, 0.4) is 0 Å². The Bertz CT molecular complexity index is 875. The summed E-state index contributed by atoms with van der Waals surface area (Å²) in [5.41, 5.74) is 1.25. The van der Waals surface area contributed by atoms with E-state index in [1.165, 1.54) is 12.1 Å². The third kappa shape index (κ3) is 6.17. The molecule has 1 aliphatic heterocycles. The highest BCUT2D eigenvalue weighted by Crippen LogP contribution is 2.32. The van der Waals surface area contributed by atoms with Crippen LogP contribution in [0, 0.1) is 11.7 Å². The molecule has 2 aliphatic rings. The van der Waals surface area contributed by atoms with Gasteiger partial charge in [-0.05, 0) is 71.6 Å². The zero-order chi connectivity index (χ0) is 22.8. The minimum Gasteiger partial charge on any atom is -0.372 e. The summed E-state index contributed by atoms with van der Waals surface area (Å²) in [6.07, 6.45) is 2.50. The molecule has 3 rings (SSSR count). The van der Waals surface area contributed by atoms with Crippen LogP contribution in [0.5, 0.6) is 0 Å². The van der Waals surface area contributed by atoms with Crippen LogP contribution < -0.4 is 14.9 Å². The van der Waals surface area contributed by atoms with Gasteiger partial charge < -0.3 is 15.0 Å². The van der Waals surface area contributed by atoms with Crippen LogP contribution in [0.1, 0.15) is 53.4 Å². The number of halogens is 1. The topological polar surface area (TPSA) is 87.7 Å². The van der Waals surface area contributed by atoms with Gasteiger partial charge in [-0.15, -0.1) is 0 Å². The first-order valence-corrected chi connectivity index (χ1v) is 12.6. The molecule has 31 heavy (non-hydrogen) atoms. The normalized spacial score (nSPS) is 27.4. The standard InChI is InChI=1S/C22H34FN3O4S/c1-14(2)31(28,29)25-19-8-5-17(6-9-19)22(27)24-20-10-7-18(23)11-21(20)26-12-15(3)30-16(4)13-26/h7,10-11,14-17,19,25H,5-6,8-9,12-13H2,1-4H3,(H,24,27). The zero-order valence-corrected chi connectivity index (χ0v) is 19.5. The van der Waals surface area contributed by atoms with Crippen molar-refractivity contribution in [1.82, 2.24) is 4.72 Å². The van der Waals surface area contributed by atoms with E-state index >= 15 is 0 Å². The molecule has 1 amide bonds. The van der Waals surface area contributed by atoms with E-state index in [1.807, 2.05) is 13.8 Å². The molecule has 9 heteroatoms. The van der Waals surface area contributed by atoms with Gasteiger partial charge in [0.05, 0.1) is 28.8 Å². The molecule has 1 aromatic rings. The first kappa shape index (κ1) is 23.9. The number of hydrogen-bond donors (Lipinski definition) is 2. The second-order valence-corrected chi connectivity index (χ2v) is 11.3. The number of amides is 1. The molecule has 0 aromatic heterocycles. The van der Waals surface area contributed by atoms with Crippen molar-refractivity contribution >= 4 is 27.3 Å². The SMILES string of the molecule is CC1CN(c2cc(F)ccc2NC(=O)C2CCC(NS(=O)(=O)C(C)C)CC2)CC(C)O1. The number of nitrogens with zero attached hydrogens (tertiary/aromatic N) is 1. The van der Waals surface area contributed by atoms with Crippen LogP contribution in [0.25, 0.3) is 0 Å². The molecule has 0 radical (unpaired) electrons. The van der Waals surface area contributed by atoms with E-state index in [-0.39, 0.29) is 35.9 Å². The Morgan fingerprint density at radius 3 is 2.32 bits per heavy atom. The number of carbonyl (C=O) groups is 1. The van der Waals surface area contributed by atoms with Crippen molar-refractivity contribution in [2.24, 2.45) is 5.92 Å². The molecular formula is C22H34FN3O4S. The summed E-state index contributed by atoms with van der Waals surface area (Å²) in [5, 5.41) is 2.51. The molecule has 1 aliphatic carbocycles. The molecule has 1 heterocycles. The summed E-state index contributed by atoms with van der Waals surface area (Å²) in [7, 11) is -3.32. The highest BCUT2D eigenvalue weighted by atomic mass is 32.2. The van der Waals surface area contributed by atoms with Gasteiger partial charge in [-0.1, -0.05) is 0 Å². The number of nitrogens with one attached hydrogen (secondary N) is 2. The van der Waals surface area contributed by atoms with Crippen LogP contribution >= 0.6 is 0 Å². The molecule has 0 spiro atoms. The summed E-state index contributed by atoms with van der Waals surface area (Å²) in [6.45, 7) is 8.50. The molecule has 2 fully saturated rings. The van der Waals surface area contributed by atoms with Gasteiger partial charge in [-0.3, -0.25) is 4.79 Å². The number of sulfonamides is 1. The predicted molar refractivity (Wildman–Crippen MR) is 120 cm³/mol. The summed E-state index contributed by atoms with van der Waals surface area (Å²) >= 11 is 0. The van der Waals surface area contributed by atoms with Crippen LogP contribution in [-0.2, 0) is 19.6 Å². The van der Waals surface area contributed by atoms with E-state index in [4.69, 9.17) is 4.74 Å². The van der Waals surface area contributed by atoms with Crippen molar-refractivity contribution in [1.29, 1.82) is 0 Å². The van der Waals surface area contributed by atoms with Crippen molar-refractivity contribution in [2.45, 2.75) is 76.9 Å². The van der Waals surface area contributed by atoms with Gasteiger partial charge in [-0.2, -0.15) is 0 Å². The molecule has 7 nitrogen and oxygen atoms in total. The van der Waals surface area contributed by atoms with Gasteiger partial charge in [0.25, 0.3) is 0 Å². The molecule has 2 atom stereocenters. The number of benzene rings is 1. The predicted octanol–water partition coefficient (Wildman–Crippen LogP) is 3.26. The monoisotopic (exact) mass is 455 g/mol. The first-order valence-electron chi connectivity index (χ1n) is 11.1. The van der Waals surface area contributed by atoms with Crippen molar-refractivity contribution < 1.29 is 22.3 Å². The van der Waals surface area contributed by atoms with E-state index in [0.717, 1.165) is 0 Å². The highest BCUT2D eigenvalue weighted by Gasteiger charge is 2.30. The van der Waals surface area contributed by atoms with Gasteiger partial charge in [-0.25, -0.2) is 17.5 Å². The lowest BCUT2D eigenvalue weighted by molar-refractivity contribution is -0.120. The van der Waals surface area contributed by atoms with E-state index in [0.29, 0.717) is 50.1 Å². The summed E-state index contributed by atoms with van der Waals surface area (Å²) < 4.78 is 46.7. The van der Waals surface area contributed by atoms with E-state index in [2.05, 4.69) is 14.9 Å². The van der Waals surface area contributed by atoms with Crippen LogP contribution in [0.2, 0.25) is 0 Å². The number of anilines is 2. The maximum absolute atomic E-state index is 14.0. The number of hydrogen-bond acceptors (Lipinski definition) is 5. The van der Waals surface area contributed by atoms with Crippen LogP contribution in [0.4, 0.5) is 15.8 Å². The number of ether oxygens (including phenoxy) is 1. The average molecular weight is 456 g/mol. The van der Waals surface area contributed by atoms with Crippen molar-refractivity contribution in [3.8, 4) is 0 Å². The quantitative estimate of drug-likeness (QED) is 0.688. The van der Waals surface area contributed by atoms with E-state index in [9.17, 15) is 17.6 Å². The fraction of sp³-hybridized carbons (Fsp3) is 0.682. The minimum atomic E-state index is -3.32. The average Bonchev–Trinajstić information content (AvgIpc) is 2.68. The third-order valence-corrected chi connectivity index (χ3v) is 7.93. The number of rotatable bonds is 6. The Labute approximate surface area is 184 Å². The van der Waals surface area contributed by atoms with Crippen molar-refractivity contribution in [2.75, 3.05) is 23.3 Å². The lowest BCUT2D eigenvalue weighted by Crippen LogP contribution is -2.46. The van der Waals surface area contributed by atoms with Crippen LogP contribution in [0.15, 0.2) is 18.2 Å². The second kappa shape index (κ2) is 9.83. The maximum Gasteiger partial charge on any atom is 0.227 e. The molecule has 174 valence electrons. The first-order chi connectivity index (χ1) is 14.5. The van der Waals surface area contributed by atoms with Gasteiger partial charge >= 0.3 is 0 Å². The van der Waals surface area contributed by atoms with Gasteiger partial charge in [0.1, 0.15) is 5.82 Å².